The molecule has 1 aliphatic carbocycles. The standard InChI is InChI=1S/C20H29NO5/c1-20(2,3)26-19(24)21-17(18(22)23)15-7-5-13(6-8-15)14-9-11-16(25-4)12-10-14/h5-8,14,16-17H,9-12H2,1-4H3,(H,21,24)(H,22,23). The van der Waals surface area contributed by atoms with Crippen LogP contribution in [0.1, 0.15) is 69.5 Å². The average molecular weight is 363 g/mol. The number of hydrogen-bond donors (Lipinski definition) is 2. The van der Waals surface area contributed by atoms with Crippen LogP contribution in [0.5, 0.6) is 0 Å². The van der Waals surface area contributed by atoms with Crippen LogP contribution in [0.2, 0.25) is 0 Å². The number of benzene rings is 1. The van der Waals surface area contributed by atoms with E-state index in [1.165, 1.54) is 5.56 Å². The fourth-order valence-corrected chi connectivity index (χ4v) is 3.31. The maximum Gasteiger partial charge on any atom is 0.408 e. The summed E-state index contributed by atoms with van der Waals surface area (Å²) in [7, 11) is 1.75. The maximum atomic E-state index is 11.9. The monoisotopic (exact) mass is 363 g/mol. The summed E-state index contributed by atoms with van der Waals surface area (Å²) in [5, 5.41) is 11.9. The summed E-state index contributed by atoms with van der Waals surface area (Å²) >= 11 is 0. The zero-order chi connectivity index (χ0) is 19.3. The van der Waals surface area contributed by atoms with Crippen molar-refractivity contribution in [1.82, 2.24) is 5.32 Å². The van der Waals surface area contributed by atoms with Gasteiger partial charge < -0.3 is 19.9 Å². The third kappa shape index (κ3) is 5.73. The molecule has 144 valence electrons. The SMILES string of the molecule is COC1CCC(c2ccc(C(NC(=O)OC(C)(C)C)C(=O)O)cc2)CC1. The van der Waals surface area contributed by atoms with Crippen molar-refractivity contribution in [1.29, 1.82) is 0 Å². The van der Waals surface area contributed by atoms with E-state index in [0.29, 0.717) is 17.6 Å². The fourth-order valence-electron chi connectivity index (χ4n) is 3.31. The van der Waals surface area contributed by atoms with Crippen molar-refractivity contribution in [3.8, 4) is 0 Å². The van der Waals surface area contributed by atoms with Gasteiger partial charge in [0.1, 0.15) is 5.60 Å². The van der Waals surface area contributed by atoms with Crippen LogP contribution in [0.15, 0.2) is 24.3 Å². The van der Waals surface area contributed by atoms with Crippen LogP contribution in [0.4, 0.5) is 4.79 Å². The zero-order valence-electron chi connectivity index (χ0n) is 16.0. The highest BCUT2D eigenvalue weighted by Gasteiger charge is 2.26. The summed E-state index contributed by atoms with van der Waals surface area (Å²) < 4.78 is 10.6. The van der Waals surface area contributed by atoms with E-state index in [-0.39, 0.29) is 0 Å². The second-order valence-corrected chi connectivity index (χ2v) is 7.79. The Morgan fingerprint density at radius 3 is 2.15 bits per heavy atom. The predicted octanol–water partition coefficient (Wildman–Crippen LogP) is 4.01. The van der Waals surface area contributed by atoms with E-state index in [1.54, 1.807) is 40.0 Å². The van der Waals surface area contributed by atoms with E-state index >= 15 is 0 Å². The van der Waals surface area contributed by atoms with Gasteiger partial charge in [-0.1, -0.05) is 24.3 Å². The van der Waals surface area contributed by atoms with Crippen LogP contribution in [0.3, 0.4) is 0 Å². The van der Waals surface area contributed by atoms with Crippen molar-refractivity contribution >= 4 is 12.1 Å². The molecular weight excluding hydrogens is 334 g/mol. The van der Waals surface area contributed by atoms with Crippen molar-refractivity contribution < 1.29 is 24.2 Å². The number of methoxy groups -OCH3 is 1. The number of ether oxygens (including phenoxy) is 2. The van der Waals surface area contributed by atoms with Crippen LogP contribution >= 0.6 is 0 Å². The van der Waals surface area contributed by atoms with Gasteiger partial charge >= 0.3 is 12.1 Å². The molecule has 1 aromatic rings. The van der Waals surface area contributed by atoms with Gasteiger partial charge in [0.2, 0.25) is 0 Å². The molecule has 1 aromatic carbocycles. The molecule has 0 spiro atoms. The Bertz CT molecular complexity index is 612. The minimum absolute atomic E-state index is 0.347. The van der Waals surface area contributed by atoms with Gasteiger partial charge in [-0.25, -0.2) is 9.59 Å². The summed E-state index contributed by atoms with van der Waals surface area (Å²) in [6.45, 7) is 5.19. The molecule has 0 aromatic heterocycles. The van der Waals surface area contributed by atoms with Gasteiger partial charge in [0, 0.05) is 7.11 Å². The van der Waals surface area contributed by atoms with E-state index in [0.717, 1.165) is 25.7 Å². The van der Waals surface area contributed by atoms with Crippen molar-refractivity contribution in [2.24, 2.45) is 0 Å². The highest BCUT2D eigenvalue weighted by Crippen LogP contribution is 2.34. The minimum atomic E-state index is -1.14. The minimum Gasteiger partial charge on any atom is -0.479 e. The average Bonchev–Trinajstić information content (AvgIpc) is 2.58. The third-order valence-electron chi connectivity index (χ3n) is 4.66. The molecule has 1 fully saturated rings. The van der Waals surface area contributed by atoms with Crippen LogP contribution in [-0.4, -0.2) is 36.0 Å². The van der Waals surface area contributed by atoms with Gasteiger partial charge in [-0.3, -0.25) is 0 Å². The van der Waals surface area contributed by atoms with Crippen LogP contribution in [0, 0.1) is 0 Å². The van der Waals surface area contributed by atoms with E-state index in [2.05, 4.69) is 5.32 Å². The number of hydrogen-bond acceptors (Lipinski definition) is 4. The molecule has 1 atom stereocenters. The number of nitrogens with one attached hydrogen (secondary N) is 1. The van der Waals surface area contributed by atoms with Crippen molar-refractivity contribution in [3.05, 3.63) is 35.4 Å². The molecule has 2 rings (SSSR count). The second kappa shape index (κ2) is 8.54. The Hall–Kier alpha value is -2.08. The number of aliphatic carboxylic acids is 1. The molecule has 6 nitrogen and oxygen atoms in total. The van der Waals surface area contributed by atoms with E-state index in [4.69, 9.17) is 9.47 Å². The molecule has 1 unspecified atom stereocenters. The number of alkyl carbamates (subject to hydrolysis) is 1. The number of amides is 1. The van der Waals surface area contributed by atoms with Gasteiger partial charge in [-0.05, 0) is 63.5 Å². The summed E-state index contributed by atoms with van der Waals surface area (Å²) in [6.07, 6.45) is 3.82. The fraction of sp³-hybridized carbons (Fsp3) is 0.600. The Morgan fingerprint density at radius 2 is 1.69 bits per heavy atom. The van der Waals surface area contributed by atoms with E-state index in [1.807, 2.05) is 12.1 Å². The molecule has 1 amide bonds. The Morgan fingerprint density at radius 1 is 1.12 bits per heavy atom. The lowest BCUT2D eigenvalue weighted by Crippen LogP contribution is -2.38. The molecular formula is C20H29NO5. The van der Waals surface area contributed by atoms with Gasteiger partial charge in [0.15, 0.2) is 6.04 Å². The maximum absolute atomic E-state index is 11.9. The van der Waals surface area contributed by atoms with Gasteiger partial charge in [-0.15, -0.1) is 0 Å². The first kappa shape index (κ1) is 20.2. The summed E-state index contributed by atoms with van der Waals surface area (Å²) in [5.74, 6) is -0.651. The van der Waals surface area contributed by atoms with Gasteiger partial charge in [0.25, 0.3) is 0 Å². The molecule has 2 N–H and O–H groups in total. The number of carboxylic acid groups (broad SMARTS) is 1. The molecule has 26 heavy (non-hydrogen) atoms. The van der Waals surface area contributed by atoms with Gasteiger partial charge in [0.05, 0.1) is 6.10 Å². The summed E-state index contributed by atoms with van der Waals surface area (Å²) in [4.78, 5) is 23.5. The first-order chi connectivity index (χ1) is 12.2. The smallest absolute Gasteiger partial charge is 0.408 e. The first-order valence-corrected chi connectivity index (χ1v) is 9.04. The van der Waals surface area contributed by atoms with Crippen LogP contribution < -0.4 is 5.32 Å². The largest absolute Gasteiger partial charge is 0.479 e. The highest BCUT2D eigenvalue weighted by molar-refractivity contribution is 5.81. The third-order valence-corrected chi connectivity index (χ3v) is 4.66. The molecule has 0 bridgehead atoms. The lowest BCUT2D eigenvalue weighted by atomic mass is 9.82. The molecule has 0 saturated heterocycles. The highest BCUT2D eigenvalue weighted by atomic mass is 16.6. The topological polar surface area (TPSA) is 84.9 Å². The number of carbonyl (C=O) groups excluding carboxylic acids is 1. The molecule has 0 aliphatic heterocycles. The number of rotatable bonds is 5. The van der Waals surface area contributed by atoms with Crippen molar-refractivity contribution in [2.45, 2.75) is 70.1 Å². The second-order valence-electron chi connectivity index (χ2n) is 7.79. The first-order valence-electron chi connectivity index (χ1n) is 9.04. The molecule has 6 heteroatoms. The Labute approximate surface area is 154 Å². The number of carboxylic acids is 1. The summed E-state index contributed by atoms with van der Waals surface area (Å²) in [5.41, 5.74) is 1.04. The van der Waals surface area contributed by atoms with Crippen LogP contribution in [-0.2, 0) is 14.3 Å². The summed E-state index contributed by atoms with van der Waals surface area (Å²) in [6, 6.07) is 6.32. The number of carbonyl (C=O) groups is 2. The van der Waals surface area contributed by atoms with E-state index < -0.39 is 23.7 Å². The Balaban J connectivity index is 2.04. The lowest BCUT2D eigenvalue weighted by molar-refractivity contribution is -0.139. The molecule has 0 heterocycles. The molecule has 0 radical (unpaired) electrons. The van der Waals surface area contributed by atoms with Crippen molar-refractivity contribution in [2.75, 3.05) is 7.11 Å². The molecule has 1 aliphatic rings. The predicted molar refractivity (Wildman–Crippen MR) is 98.2 cm³/mol. The normalized spacial score (nSPS) is 21.7. The zero-order valence-corrected chi connectivity index (χ0v) is 16.0. The lowest BCUT2D eigenvalue weighted by Gasteiger charge is -2.28. The van der Waals surface area contributed by atoms with E-state index in [9.17, 15) is 14.7 Å². The quantitative estimate of drug-likeness (QED) is 0.826. The van der Waals surface area contributed by atoms with Gasteiger partial charge in [-0.2, -0.15) is 0 Å². The molecule has 1 saturated carbocycles. The van der Waals surface area contributed by atoms with Crippen molar-refractivity contribution in [3.63, 3.8) is 0 Å². The van der Waals surface area contributed by atoms with Crippen LogP contribution in [0.25, 0.3) is 0 Å². The Kier molecular flexibility index (Phi) is 6.64.